The number of fused-ring (bicyclic) bond motifs is 1. The number of carbonyl (C=O) groups is 1. The summed E-state index contributed by atoms with van der Waals surface area (Å²) in [5.74, 6) is 2.26. The van der Waals surface area contributed by atoms with Crippen LogP contribution in [-0.4, -0.2) is 54.1 Å². The maximum Gasteiger partial charge on any atom is 0.225 e. The Balaban J connectivity index is 1.45. The molecule has 0 N–H and O–H groups in total. The maximum absolute atomic E-state index is 12.9. The van der Waals surface area contributed by atoms with Crippen molar-refractivity contribution in [2.75, 3.05) is 38.2 Å². The zero-order valence-corrected chi connectivity index (χ0v) is 18.7. The molecule has 0 spiro atoms. The van der Waals surface area contributed by atoms with Crippen molar-refractivity contribution in [2.45, 2.75) is 32.3 Å². The molecule has 1 aliphatic carbocycles. The molecule has 7 heteroatoms. The minimum Gasteiger partial charge on any atom is -0.377 e. The molecule has 1 amide bonds. The number of aromatic nitrogens is 2. The van der Waals surface area contributed by atoms with E-state index < -0.39 is 0 Å². The van der Waals surface area contributed by atoms with Gasteiger partial charge in [-0.25, -0.2) is 9.97 Å². The van der Waals surface area contributed by atoms with Gasteiger partial charge in [-0.05, 0) is 18.4 Å². The molecule has 2 aliphatic rings. The third-order valence-electron chi connectivity index (χ3n) is 6.41. The Bertz CT molecular complexity index is 1050. The van der Waals surface area contributed by atoms with Gasteiger partial charge in [-0.15, -0.1) is 11.3 Å². The summed E-state index contributed by atoms with van der Waals surface area (Å²) in [4.78, 5) is 27.9. The molecule has 1 saturated heterocycles. The lowest BCUT2D eigenvalue weighted by molar-refractivity contribution is -0.135. The Labute approximate surface area is 186 Å². The molecule has 3 heterocycles. The number of amides is 1. The standard InChI is InChI=1S/C24H28N4O2S/c1-30-15-20-25-22(21-19(16-31-23(21)26-20)17-7-3-2-4-8-17)27-11-13-28(14-12-27)24(29)18-9-5-6-10-18/h2-4,7-8,16,18H,5-6,9-15H2,1H3. The van der Waals surface area contributed by atoms with Crippen molar-refractivity contribution in [1.82, 2.24) is 14.9 Å². The van der Waals surface area contributed by atoms with Crippen LogP contribution in [0.25, 0.3) is 21.3 Å². The van der Waals surface area contributed by atoms with E-state index in [0.717, 1.165) is 55.1 Å². The van der Waals surface area contributed by atoms with Gasteiger partial charge < -0.3 is 14.5 Å². The lowest BCUT2D eigenvalue weighted by Gasteiger charge is -2.37. The molecule has 0 unspecified atom stereocenters. The second-order valence-electron chi connectivity index (χ2n) is 8.39. The van der Waals surface area contributed by atoms with Crippen LogP contribution in [0.2, 0.25) is 0 Å². The molecule has 3 aromatic rings. The van der Waals surface area contributed by atoms with Gasteiger partial charge in [0.1, 0.15) is 17.3 Å². The van der Waals surface area contributed by atoms with Gasteiger partial charge in [0.05, 0.1) is 5.39 Å². The highest BCUT2D eigenvalue weighted by molar-refractivity contribution is 7.17. The highest BCUT2D eigenvalue weighted by Crippen LogP contribution is 2.38. The zero-order chi connectivity index (χ0) is 21.2. The number of piperazine rings is 1. The summed E-state index contributed by atoms with van der Waals surface area (Å²) in [5, 5.41) is 3.28. The summed E-state index contributed by atoms with van der Waals surface area (Å²) in [6.07, 6.45) is 4.50. The van der Waals surface area contributed by atoms with E-state index >= 15 is 0 Å². The molecule has 1 aromatic carbocycles. The van der Waals surface area contributed by atoms with Crippen LogP contribution in [0.1, 0.15) is 31.5 Å². The van der Waals surface area contributed by atoms with E-state index in [-0.39, 0.29) is 5.92 Å². The molecule has 162 valence electrons. The van der Waals surface area contributed by atoms with Crippen LogP contribution in [0.3, 0.4) is 0 Å². The second-order valence-corrected chi connectivity index (χ2v) is 9.24. The number of methoxy groups -OCH3 is 1. The summed E-state index contributed by atoms with van der Waals surface area (Å²) in [6.45, 7) is 3.49. The van der Waals surface area contributed by atoms with Crippen molar-refractivity contribution in [3.05, 3.63) is 41.5 Å². The van der Waals surface area contributed by atoms with Gasteiger partial charge in [0, 0.05) is 50.2 Å². The summed E-state index contributed by atoms with van der Waals surface area (Å²) in [7, 11) is 1.67. The highest BCUT2D eigenvalue weighted by Gasteiger charge is 2.30. The SMILES string of the molecule is COCc1nc(N2CCN(C(=O)C3CCCC3)CC2)c2c(-c3ccccc3)csc2n1. The van der Waals surface area contributed by atoms with Crippen LogP contribution in [0.15, 0.2) is 35.7 Å². The maximum atomic E-state index is 12.9. The fourth-order valence-electron chi connectivity index (χ4n) is 4.79. The van der Waals surface area contributed by atoms with Crippen LogP contribution >= 0.6 is 11.3 Å². The van der Waals surface area contributed by atoms with Crippen LogP contribution in [0, 0.1) is 5.92 Å². The molecule has 0 radical (unpaired) electrons. The first kappa shape index (κ1) is 20.4. The fourth-order valence-corrected chi connectivity index (χ4v) is 5.75. The molecule has 0 bridgehead atoms. The van der Waals surface area contributed by atoms with Gasteiger partial charge in [0.25, 0.3) is 0 Å². The predicted molar refractivity (Wildman–Crippen MR) is 124 cm³/mol. The molecular weight excluding hydrogens is 408 g/mol. The van der Waals surface area contributed by atoms with Crippen LogP contribution < -0.4 is 4.90 Å². The normalized spacial score (nSPS) is 17.6. The first-order chi connectivity index (χ1) is 15.2. The average Bonchev–Trinajstić information content (AvgIpc) is 3.49. The van der Waals surface area contributed by atoms with Crippen molar-refractivity contribution < 1.29 is 9.53 Å². The molecule has 1 aliphatic heterocycles. The van der Waals surface area contributed by atoms with E-state index in [9.17, 15) is 4.79 Å². The Kier molecular flexibility index (Phi) is 5.87. The number of thiophene rings is 1. The Morgan fingerprint density at radius 2 is 1.84 bits per heavy atom. The largest absolute Gasteiger partial charge is 0.377 e. The number of rotatable bonds is 5. The van der Waals surface area contributed by atoms with Crippen molar-refractivity contribution in [2.24, 2.45) is 5.92 Å². The molecule has 5 rings (SSSR count). The first-order valence-electron chi connectivity index (χ1n) is 11.1. The minimum absolute atomic E-state index is 0.243. The molecule has 1 saturated carbocycles. The zero-order valence-electron chi connectivity index (χ0n) is 17.9. The van der Waals surface area contributed by atoms with Crippen LogP contribution in [-0.2, 0) is 16.1 Å². The van der Waals surface area contributed by atoms with Crippen molar-refractivity contribution >= 4 is 33.3 Å². The van der Waals surface area contributed by atoms with Gasteiger partial charge in [-0.2, -0.15) is 0 Å². The number of carbonyl (C=O) groups excluding carboxylic acids is 1. The average molecular weight is 437 g/mol. The van der Waals surface area contributed by atoms with E-state index in [1.165, 1.54) is 24.0 Å². The summed E-state index contributed by atoms with van der Waals surface area (Å²) < 4.78 is 5.32. The van der Waals surface area contributed by atoms with Crippen LogP contribution in [0.4, 0.5) is 5.82 Å². The molecule has 31 heavy (non-hydrogen) atoms. The molecule has 0 atom stereocenters. The van der Waals surface area contributed by atoms with Crippen LogP contribution in [0.5, 0.6) is 0 Å². The minimum atomic E-state index is 0.243. The van der Waals surface area contributed by atoms with E-state index in [0.29, 0.717) is 18.3 Å². The van der Waals surface area contributed by atoms with Gasteiger partial charge in [-0.3, -0.25) is 4.79 Å². The quantitative estimate of drug-likeness (QED) is 0.595. The van der Waals surface area contributed by atoms with Crippen molar-refractivity contribution in [1.29, 1.82) is 0 Å². The molecular formula is C24H28N4O2S. The predicted octanol–water partition coefficient (Wildman–Crippen LogP) is 4.34. The summed E-state index contributed by atoms with van der Waals surface area (Å²) >= 11 is 1.65. The number of hydrogen-bond acceptors (Lipinski definition) is 6. The van der Waals surface area contributed by atoms with Gasteiger partial charge in [0.15, 0.2) is 5.82 Å². The van der Waals surface area contributed by atoms with E-state index in [2.05, 4.69) is 39.4 Å². The Hall–Kier alpha value is -2.51. The Morgan fingerprint density at radius 3 is 2.55 bits per heavy atom. The van der Waals surface area contributed by atoms with Crippen molar-refractivity contribution in [3.63, 3.8) is 0 Å². The lowest BCUT2D eigenvalue weighted by Crippen LogP contribution is -2.50. The highest BCUT2D eigenvalue weighted by atomic mass is 32.1. The fraction of sp³-hybridized carbons (Fsp3) is 0.458. The van der Waals surface area contributed by atoms with Gasteiger partial charge in [-0.1, -0.05) is 43.2 Å². The number of benzene rings is 1. The molecule has 2 fully saturated rings. The molecule has 6 nitrogen and oxygen atoms in total. The summed E-state index contributed by atoms with van der Waals surface area (Å²) in [6, 6.07) is 10.4. The molecule has 2 aromatic heterocycles. The second kappa shape index (κ2) is 8.93. The van der Waals surface area contributed by atoms with E-state index in [4.69, 9.17) is 14.7 Å². The van der Waals surface area contributed by atoms with E-state index in [1.807, 2.05) is 6.07 Å². The number of hydrogen-bond donors (Lipinski definition) is 0. The lowest BCUT2D eigenvalue weighted by atomic mass is 10.1. The topological polar surface area (TPSA) is 58.6 Å². The van der Waals surface area contributed by atoms with Crippen molar-refractivity contribution in [3.8, 4) is 11.1 Å². The third-order valence-corrected chi connectivity index (χ3v) is 7.29. The summed E-state index contributed by atoms with van der Waals surface area (Å²) in [5.41, 5.74) is 2.34. The van der Waals surface area contributed by atoms with Gasteiger partial charge in [0.2, 0.25) is 5.91 Å². The van der Waals surface area contributed by atoms with E-state index in [1.54, 1.807) is 18.4 Å². The Morgan fingerprint density at radius 1 is 1.10 bits per heavy atom. The number of ether oxygens (including phenoxy) is 1. The third kappa shape index (κ3) is 4.04. The number of nitrogens with zero attached hydrogens (tertiary/aromatic N) is 4. The smallest absolute Gasteiger partial charge is 0.225 e. The van der Waals surface area contributed by atoms with Gasteiger partial charge >= 0.3 is 0 Å². The number of anilines is 1. The first-order valence-corrected chi connectivity index (χ1v) is 12.0. The monoisotopic (exact) mass is 436 g/mol.